The third-order valence-electron chi connectivity index (χ3n) is 3.78. The van der Waals surface area contributed by atoms with E-state index in [0.29, 0.717) is 0 Å². The Balaban J connectivity index is 0.00000208. The maximum Gasteiger partial charge on any atom is 0.191 e. The molecular formula is C17H23IN4OS. The molecule has 1 aliphatic heterocycles. The van der Waals surface area contributed by atoms with Gasteiger partial charge in [-0.2, -0.15) is 0 Å². The normalized spacial score (nSPS) is 13.0. The van der Waals surface area contributed by atoms with Gasteiger partial charge in [-0.15, -0.1) is 35.3 Å². The molecule has 1 aliphatic rings. The molecule has 2 aromatic rings. The lowest BCUT2D eigenvalue weighted by Gasteiger charge is -2.11. The molecule has 2 N–H and O–H groups in total. The third kappa shape index (κ3) is 5.07. The predicted molar refractivity (Wildman–Crippen MR) is 110 cm³/mol. The summed E-state index contributed by atoms with van der Waals surface area (Å²) in [5.41, 5.74) is 2.65. The first kappa shape index (κ1) is 19.0. The molecule has 0 unspecified atom stereocenters. The number of halogens is 1. The molecule has 5 nitrogen and oxygen atoms in total. The molecule has 24 heavy (non-hydrogen) atoms. The Morgan fingerprint density at radius 2 is 2.25 bits per heavy atom. The number of hydrogen-bond donors (Lipinski definition) is 2. The van der Waals surface area contributed by atoms with Crippen molar-refractivity contribution in [2.45, 2.75) is 26.3 Å². The lowest BCUT2D eigenvalue weighted by molar-refractivity contribution is 0.357. The fourth-order valence-corrected chi connectivity index (χ4v) is 3.33. The Hall–Kier alpha value is -1.35. The van der Waals surface area contributed by atoms with Crippen LogP contribution in [0.3, 0.4) is 0 Å². The number of aromatic nitrogens is 1. The molecule has 0 spiro atoms. The zero-order valence-corrected chi connectivity index (χ0v) is 17.1. The molecule has 0 bridgehead atoms. The zero-order chi connectivity index (χ0) is 16.1. The van der Waals surface area contributed by atoms with Crippen LogP contribution in [0.1, 0.15) is 21.0 Å². The summed E-state index contributed by atoms with van der Waals surface area (Å²) in [6, 6.07) is 6.47. The highest BCUT2D eigenvalue weighted by Gasteiger charge is 2.11. The number of thiazole rings is 1. The van der Waals surface area contributed by atoms with Crippen molar-refractivity contribution in [3.05, 3.63) is 45.4 Å². The SMILES string of the molecule is CN=C(NCCc1ccc2c(c1)CCO2)NCc1cnc(C)s1.I. The van der Waals surface area contributed by atoms with Crippen molar-refractivity contribution < 1.29 is 4.74 Å². The molecule has 2 heterocycles. The zero-order valence-electron chi connectivity index (χ0n) is 14.0. The van der Waals surface area contributed by atoms with E-state index in [9.17, 15) is 0 Å². The number of guanidine groups is 1. The average molecular weight is 458 g/mol. The number of nitrogens with zero attached hydrogens (tertiary/aromatic N) is 2. The number of aliphatic imine (C=N–C) groups is 1. The van der Waals surface area contributed by atoms with Crippen LogP contribution < -0.4 is 15.4 Å². The van der Waals surface area contributed by atoms with Crippen LogP contribution in [0.25, 0.3) is 0 Å². The summed E-state index contributed by atoms with van der Waals surface area (Å²) in [5.74, 6) is 1.86. The maximum atomic E-state index is 5.54. The van der Waals surface area contributed by atoms with Crippen LogP contribution in [0.15, 0.2) is 29.4 Å². The lowest BCUT2D eigenvalue weighted by atomic mass is 10.1. The first-order valence-corrected chi connectivity index (χ1v) is 8.66. The van der Waals surface area contributed by atoms with E-state index < -0.39 is 0 Å². The Bertz CT molecular complexity index is 702. The molecule has 3 rings (SSSR count). The molecule has 1 aromatic heterocycles. The second kappa shape index (κ2) is 9.22. The van der Waals surface area contributed by atoms with E-state index in [2.05, 4.69) is 38.8 Å². The molecule has 0 aliphatic carbocycles. The van der Waals surface area contributed by atoms with Gasteiger partial charge in [-0.05, 0) is 30.5 Å². The first-order valence-electron chi connectivity index (χ1n) is 7.85. The molecule has 0 radical (unpaired) electrons. The summed E-state index contributed by atoms with van der Waals surface area (Å²) in [7, 11) is 1.79. The quantitative estimate of drug-likeness (QED) is 0.411. The third-order valence-corrected chi connectivity index (χ3v) is 4.70. The summed E-state index contributed by atoms with van der Waals surface area (Å²) >= 11 is 1.70. The number of ether oxygens (including phenoxy) is 1. The van der Waals surface area contributed by atoms with E-state index in [-0.39, 0.29) is 24.0 Å². The smallest absolute Gasteiger partial charge is 0.191 e. The van der Waals surface area contributed by atoms with Crippen molar-refractivity contribution in [3.63, 3.8) is 0 Å². The monoisotopic (exact) mass is 458 g/mol. The van der Waals surface area contributed by atoms with Crippen molar-refractivity contribution >= 4 is 41.3 Å². The van der Waals surface area contributed by atoms with Crippen LogP contribution in [-0.2, 0) is 19.4 Å². The van der Waals surface area contributed by atoms with Gasteiger partial charge in [0.15, 0.2) is 5.96 Å². The van der Waals surface area contributed by atoms with Gasteiger partial charge in [-0.25, -0.2) is 4.98 Å². The maximum absolute atomic E-state index is 5.54. The molecular weight excluding hydrogens is 435 g/mol. The summed E-state index contributed by atoms with van der Waals surface area (Å²) in [6.07, 6.45) is 3.90. The van der Waals surface area contributed by atoms with E-state index in [4.69, 9.17) is 4.74 Å². The Labute approximate surface area is 164 Å². The number of nitrogens with one attached hydrogen (secondary N) is 2. The molecule has 0 amide bonds. The Morgan fingerprint density at radius 3 is 3.00 bits per heavy atom. The van der Waals surface area contributed by atoms with Gasteiger partial charge >= 0.3 is 0 Å². The van der Waals surface area contributed by atoms with Crippen LogP contribution in [0.4, 0.5) is 0 Å². The standard InChI is InChI=1S/C17H22N4OS.HI/c1-12-20-10-15(23-12)11-21-17(18-2)19-7-5-13-3-4-16-14(9-13)6-8-22-16;/h3-4,9-10H,5-8,11H2,1-2H3,(H2,18,19,21);1H. The largest absolute Gasteiger partial charge is 0.493 e. The topological polar surface area (TPSA) is 58.5 Å². The van der Waals surface area contributed by atoms with Gasteiger partial charge in [0.2, 0.25) is 0 Å². The van der Waals surface area contributed by atoms with Crippen LogP contribution in [-0.4, -0.2) is 31.1 Å². The van der Waals surface area contributed by atoms with Gasteiger partial charge < -0.3 is 15.4 Å². The van der Waals surface area contributed by atoms with E-state index in [0.717, 1.165) is 49.3 Å². The fraction of sp³-hybridized carbons (Fsp3) is 0.412. The van der Waals surface area contributed by atoms with Gasteiger partial charge in [0.1, 0.15) is 5.75 Å². The summed E-state index contributed by atoms with van der Waals surface area (Å²) in [6.45, 7) is 4.43. The van der Waals surface area contributed by atoms with Gasteiger partial charge in [0.05, 0.1) is 18.2 Å². The van der Waals surface area contributed by atoms with Crippen LogP contribution in [0.2, 0.25) is 0 Å². The second-order valence-corrected chi connectivity index (χ2v) is 6.81. The molecule has 130 valence electrons. The summed E-state index contributed by atoms with van der Waals surface area (Å²) in [5, 5.41) is 7.76. The van der Waals surface area contributed by atoms with Crippen LogP contribution >= 0.6 is 35.3 Å². The van der Waals surface area contributed by atoms with Crippen molar-refractivity contribution in [3.8, 4) is 5.75 Å². The molecule has 0 saturated heterocycles. The first-order chi connectivity index (χ1) is 11.2. The van der Waals surface area contributed by atoms with Gasteiger partial charge in [0.25, 0.3) is 0 Å². The predicted octanol–water partition coefficient (Wildman–Crippen LogP) is 2.91. The van der Waals surface area contributed by atoms with Crippen molar-refractivity contribution in [1.29, 1.82) is 0 Å². The van der Waals surface area contributed by atoms with Crippen LogP contribution in [0.5, 0.6) is 5.75 Å². The van der Waals surface area contributed by atoms with E-state index in [1.54, 1.807) is 18.4 Å². The lowest BCUT2D eigenvalue weighted by Crippen LogP contribution is -2.37. The number of aryl methyl sites for hydroxylation is 1. The number of hydrogen-bond acceptors (Lipinski definition) is 4. The Morgan fingerprint density at radius 1 is 1.38 bits per heavy atom. The molecule has 0 saturated carbocycles. The summed E-state index contributed by atoms with van der Waals surface area (Å²) < 4.78 is 5.54. The van der Waals surface area contributed by atoms with Crippen LogP contribution in [0, 0.1) is 6.92 Å². The Kier molecular flexibility index (Phi) is 7.29. The highest BCUT2D eigenvalue weighted by molar-refractivity contribution is 14.0. The van der Waals surface area contributed by atoms with Crippen molar-refractivity contribution in [2.75, 3.05) is 20.2 Å². The minimum atomic E-state index is 0. The van der Waals surface area contributed by atoms with Crippen molar-refractivity contribution in [2.24, 2.45) is 4.99 Å². The molecule has 0 fully saturated rings. The number of benzene rings is 1. The van der Waals surface area contributed by atoms with Gasteiger partial charge in [0, 0.05) is 31.1 Å². The highest BCUT2D eigenvalue weighted by Crippen LogP contribution is 2.25. The summed E-state index contributed by atoms with van der Waals surface area (Å²) in [4.78, 5) is 9.73. The number of fused-ring (bicyclic) bond motifs is 1. The fourth-order valence-electron chi connectivity index (χ4n) is 2.60. The molecule has 0 atom stereocenters. The molecule has 7 heteroatoms. The average Bonchev–Trinajstić information content (AvgIpc) is 3.18. The minimum Gasteiger partial charge on any atom is -0.493 e. The second-order valence-electron chi connectivity index (χ2n) is 5.49. The van der Waals surface area contributed by atoms with Gasteiger partial charge in [-0.3, -0.25) is 4.99 Å². The highest BCUT2D eigenvalue weighted by atomic mass is 127. The van der Waals surface area contributed by atoms with Crippen molar-refractivity contribution in [1.82, 2.24) is 15.6 Å². The molecule has 1 aromatic carbocycles. The van der Waals surface area contributed by atoms with E-state index >= 15 is 0 Å². The minimum absolute atomic E-state index is 0. The number of rotatable bonds is 5. The van der Waals surface area contributed by atoms with E-state index in [1.807, 2.05) is 13.1 Å². The van der Waals surface area contributed by atoms with E-state index in [1.165, 1.54) is 16.0 Å². The van der Waals surface area contributed by atoms with Gasteiger partial charge in [-0.1, -0.05) is 12.1 Å².